The molecule has 0 saturated heterocycles. The van der Waals surface area contributed by atoms with Crippen LogP contribution in [0.15, 0.2) is 48.6 Å². The number of rotatable bonds is 45. The minimum atomic E-state index is -4.88. The van der Waals surface area contributed by atoms with Crippen LogP contribution in [0.3, 0.4) is 0 Å². The van der Waals surface area contributed by atoms with Crippen molar-refractivity contribution in [1.82, 2.24) is 0 Å². The number of carbonyl (C=O) groups is 2. The molecule has 5 N–H and O–H groups in total. The highest BCUT2D eigenvalue weighted by atomic mass is 31.2. The first-order chi connectivity index (χ1) is 30.6. The molecule has 2 unspecified atom stereocenters. The average Bonchev–Trinajstić information content (AvgIpc) is 3.23. The zero-order chi connectivity index (χ0) is 47.6. The third kappa shape index (κ3) is 46.6. The molecule has 0 spiro atoms. The Balaban J connectivity index is 4.53. The van der Waals surface area contributed by atoms with Crippen LogP contribution in [0.5, 0.6) is 0 Å². The van der Waals surface area contributed by atoms with Gasteiger partial charge in [-0.25, -0.2) is 9.13 Å². The van der Waals surface area contributed by atoms with Crippen LogP contribution in [0, 0.1) is 5.92 Å². The van der Waals surface area contributed by atoms with Crippen LogP contribution in [-0.2, 0) is 41.8 Å². The summed E-state index contributed by atoms with van der Waals surface area (Å²) in [5, 5.41) is 19.5. The molecule has 0 amide bonds. The molecule has 0 radical (unpaired) electrons. The zero-order valence-corrected chi connectivity index (χ0v) is 41.4. The van der Waals surface area contributed by atoms with Crippen LogP contribution in [0.4, 0.5) is 0 Å². The number of hydrogen-bond donors (Lipinski definition) is 5. The molecule has 0 bridgehead atoms. The van der Waals surface area contributed by atoms with Gasteiger partial charge < -0.3 is 34.4 Å². The van der Waals surface area contributed by atoms with Gasteiger partial charge in [-0.2, -0.15) is 0 Å². The second-order valence-corrected chi connectivity index (χ2v) is 19.7. The molecule has 0 heterocycles. The van der Waals surface area contributed by atoms with Crippen LogP contribution >= 0.6 is 15.6 Å². The minimum Gasteiger partial charge on any atom is -0.462 e. The van der Waals surface area contributed by atoms with E-state index in [0.717, 1.165) is 57.3 Å². The molecular weight excluding hydrogens is 862 g/mol. The number of phosphoric acid groups is 2. The van der Waals surface area contributed by atoms with Gasteiger partial charge in [0.05, 0.1) is 25.9 Å². The van der Waals surface area contributed by atoms with E-state index in [0.29, 0.717) is 25.7 Å². The van der Waals surface area contributed by atoms with Gasteiger partial charge in [0.2, 0.25) is 0 Å². The van der Waals surface area contributed by atoms with Crippen LogP contribution < -0.4 is 0 Å². The molecule has 0 aromatic carbocycles. The first-order valence-electron chi connectivity index (χ1n) is 24.3. The van der Waals surface area contributed by atoms with Gasteiger partial charge in [-0.15, -0.1) is 0 Å². The molecule has 0 saturated carbocycles. The van der Waals surface area contributed by atoms with E-state index in [4.69, 9.17) is 23.8 Å². The van der Waals surface area contributed by atoms with Crippen LogP contribution in [0.25, 0.3) is 0 Å². The molecule has 0 fully saturated rings. The number of phosphoric ester groups is 2. The Morgan fingerprint density at radius 3 is 1.48 bits per heavy atom. The summed E-state index contributed by atoms with van der Waals surface area (Å²) >= 11 is 0. The van der Waals surface area contributed by atoms with Crippen molar-refractivity contribution in [3.05, 3.63) is 48.6 Å². The standard InChI is InChI=1S/C48H88O14P2/c1-4-34-44(49)36-31-27-23-19-15-11-9-13-17-21-25-29-33-38-48(52)62-46(42-61-64(56,57)60-40-45(50)39-59-63(53,54)55)41-58-47(51)37-32-28-24-20-16-12-8-6-5-7-10-14-18-22-26-30-35-43(2)3/h9,13,15,19,21,25,27,31,43-46,49-50H,4-8,10-12,14,16-18,20,22-24,26,28-30,32-42H2,1-3H3,(H,56,57)(H2,53,54,55)/b13-9-,19-15-,25-21-,31-27-/t44?,45-,46+/m0/s1. The molecule has 4 atom stereocenters. The van der Waals surface area contributed by atoms with E-state index in [9.17, 15) is 33.8 Å². The third-order valence-corrected chi connectivity index (χ3v) is 11.6. The van der Waals surface area contributed by atoms with Crippen molar-refractivity contribution in [3.8, 4) is 0 Å². The van der Waals surface area contributed by atoms with Crippen molar-refractivity contribution >= 4 is 27.6 Å². The quantitative estimate of drug-likeness (QED) is 0.0166. The average molecular weight is 951 g/mol. The fourth-order valence-electron chi connectivity index (χ4n) is 6.54. The van der Waals surface area contributed by atoms with Gasteiger partial charge in [0.25, 0.3) is 0 Å². The third-order valence-electron chi connectivity index (χ3n) is 10.2. The van der Waals surface area contributed by atoms with E-state index in [2.05, 4.69) is 60.2 Å². The first-order valence-corrected chi connectivity index (χ1v) is 27.3. The van der Waals surface area contributed by atoms with Gasteiger partial charge in [0, 0.05) is 12.8 Å². The number of unbranched alkanes of at least 4 members (excludes halogenated alkanes) is 16. The molecule has 16 heteroatoms. The van der Waals surface area contributed by atoms with E-state index in [1.54, 1.807) is 0 Å². The van der Waals surface area contributed by atoms with Crippen LogP contribution in [-0.4, -0.2) is 81.6 Å². The molecule has 0 aliphatic heterocycles. The van der Waals surface area contributed by atoms with Crippen molar-refractivity contribution in [2.75, 3.05) is 26.4 Å². The smallest absolute Gasteiger partial charge is 0.462 e. The summed E-state index contributed by atoms with van der Waals surface area (Å²) in [6, 6.07) is 0. The maximum atomic E-state index is 12.7. The van der Waals surface area contributed by atoms with Crippen LogP contribution in [0.1, 0.15) is 194 Å². The van der Waals surface area contributed by atoms with Gasteiger partial charge >= 0.3 is 27.6 Å². The second kappa shape index (κ2) is 42.4. The van der Waals surface area contributed by atoms with Gasteiger partial charge in [-0.3, -0.25) is 23.2 Å². The summed E-state index contributed by atoms with van der Waals surface area (Å²) in [6.07, 6.45) is 40.3. The lowest BCUT2D eigenvalue weighted by Crippen LogP contribution is -2.29. The van der Waals surface area contributed by atoms with E-state index in [1.165, 1.54) is 83.5 Å². The van der Waals surface area contributed by atoms with E-state index >= 15 is 0 Å². The molecule has 0 rings (SSSR count). The summed E-state index contributed by atoms with van der Waals surface area (Å²) in [7, 11) is -9.71. The highest BCUT2D eigenvalue weighted by molar-refractivity contribution is 7.47. The maximum Gasteiger partial charge on any atom is 0.472 e. The normalized spacial score (nSPS) is 14.9. The highest BCUT2D eigenvalue weighted by Gasteiger charge is 2.28. The van der Waals surface area contributed by atoms with E-state index < -0.39 is 66.2 Å². The molecule has 64 heavy (non-hydrogen) atoms. The van der Waals surface area contributed by atoms with E-state index in [1.807, 2.05) is 18.2 Å². The number of aliphatic hydroxyl groups is 2. The highest BCUT2D eigenvalue weighted by Crippen LogP contribution is 2.43. The molecular formula is C48H88O14P2. The molecule has 0 aromatic rings. The molecule has 374 valence electrons. The number of allylic oxidation sites excluding steroid dienone is 7. The summed E-state index contributed by atoms with van der Waals surface area (Å²) in [5.41, 5.74) is 0. The first kappa shape index (κ1) is 62.0. The minimum absolute atomic E-state index is 0.0410. The second-order valence-electron chi connectivity index (χ2n) is 17.0. The largest absolute Gasteiger partial charge is 0.472 e. The SMILES string of the molecule is CCCC(O)C/C=C\C/C=C\C/C=C\C/C=C\CCCC(=O)O[C@H](COC(=O)CCCCCCCCCCCCCCCCCCC(C)C)COP(=O)(O)OC[C@@H](O)COP(=O)(O)O. The lowest BCUT2D eigenvalue weighted by molar-refractivity contribution is -0.161. The van der Waals surface area contributed by atoms with Gasteiger partial charge in [0.1, 0.15) is 12.7 Å². The maximum absolute atomic E-state index is 12.7. The Morgan fingerprint density at radius 1 is 0.516 bits per heavy atom. The summed E-state index contributed by atoms with van der Waals surface area (Å²) in [6.45, 7) is 3.85. The number of esters is 2. The number of carbonyl (C=O) groups excluding carboxylic acids is 2. The Labute approximate surface area is 386 Å². The molecule has 0 aliphatic rings. The Kier molecular flexibility index (Phi) is 41.1. The lowest BCUT2D eigenvalue weighted by Gasteiger charge is -2.20. The van der Waals surface area contributed by atoms with Crippen LogP contribution in [0.2, 0.25) is 0 Å². The predicted molar refractivity (Wildman–Crippen MR) is 254 cm³/mol. The van der Waals surface area contributed by atoms with Crippen molar-refractivity contribution < 1.29 is 66.7 Å². The number of aliphatic hydroxyl groups excluding tert-OH is 2. The fraction of sp³-hybridized carbons (Fsp3) is 0.792. The number of ether oxygens (including phenoxy) is 2. The molecule has 14 nitrogen and oxygen atoms in total. The summed E-state index contributed by atoms with van der Waals surface area (Å²) in [5.74, 6) is -0.293. The summed E-state index contributed by atoms with van der Waals surface area (Å²) in [4.78, 5) is 52.8. The van der Waals surface area contributed by atoms with Crippen molar-refractivity contribution in [3.63, 3.8) is 0 Å². The lowest BCUT2D eigenvalue weighted by atomic mass is 10.0. The van der Waals surface area contributed by atoms with Crippen molar-refractivity contribution in [1.29, 1.82) is 0 Å². The van der Waals surface area contributed by atoms with E-state index in [-0.39, 0.29) is 18.9 Å². The van der Waals surface area contributed by atoms with Crippen molar-refractivity contribution in [2.24, 2.45) is 5.92 Å². The van der Waals surface area contributed by atoms with Crippen molar-refractivity contribution in [2.45, 2.75) is 212 Å². The van der Waals surface area contributed by atoms with Gasteiger partial charge in [-0.1, -0.05) is 179 Å². The Bertz CT molecular complexity index is 1350. The molecule has 0 aromatic heterocycles. The monoisotopic (exact) mass is 951 g/mol. The van der Waals surface area contributed by atoms with Gasteiger partial charge in [-0.05, 0) is 57.3 Å². The topological polar surface area (TPSA) is 216 Å². The molecule has 0 aliphatic carbocycles. The zero-order valence-electron chi connectivity index (χ0n) is 39.7. The Morgan fingerprint density at radius 2 is 0.969 bits per heavy atom. The summed E-state index contributed by atoms with van der Waals surface area (Å²) < 4.78 is 47.8. The van der Waals surface area contributed by atoms with Gasteiger partial charge in [0.15, 0.2) is 6.10 Å². The Hall–Kier alpha value is -1.96. The number of hydrogen-bond acceptors (Lipinski definition) is 11. The fourth-order valence-corrected chi connectivity index (χ4v) is 7.70. The predicted octanol–water partition coefficient (Wildman–Crippen LogP) is 11.8.